The van der Waals surface area contributed by atoms with E-state index in [1.807, 2.05) is 0 Å². The minimum Gasteiger partial charge on any atom is -0.429 e. The van der Waals surface area contributed by atoms with E-state index in [1.165, 1.54) is 13.8 Å². The Morgan fingerprint density at radius 3 is 1.55 bits per heavy atom. The van der Waals surface area contributed by atoms with Gasteiger partial charge in [0.15, 0.2) is 6.21 Å². The summed E-state index contributed by atoms with van der Waals surface area (Å²) in [6.45, 7) is 3.49. The molecule has 168 valence electrons. The number of nitrogens with zero attached hydrogens (tertiary/aromatic N) is 2. The van der Waals surface area contributed by atoms with Gasteiger partial charge in [-0.15, -0.1) is 0 Å². The highest BCUT2D eigenvalue weighted by molar-refractivity contribution is 5.69. The lowest BCUT2D eigenvalue weighted by atomic mass is 9.84. The summed E-state index contributed by atoms with van der Waals surface area (Å²) in [7, 11) is 0. The third kappa shape index (κ3) is 5.00. The Bertz CT molecular complexity index is 684. The summed E-state index contributed by atoms with van der Waals surface area (Å²) >= 11 is 0. The van der Waals surface area contributed by atoms with Gasteiger partial charge < -0.3 is 5.43 Å². The Labute approximate surface area is 156 Å². The molecule has 1 fully saturated rings. The number of rotatable bonds is 2. The quantitative estimate of drug-likeness (QED) is 0.263. The normalized spacial score (nSPS) is 24.3. The average Bonchev–Trinajstić information content (AvgIpc) is 2.67. The van der Waals surface area contributed by atoms with Crippen LogP contribution in [0, 0.1) is 0 Å². The highest BCUT2D eigenvalue weighted by atomic mass is 19.4. The first-order chi connectivity index (χ1) is 12.6. The van der Waals surface area contributed by atoms with Crippen molar-refractivity contribution in [1.29, 1.82) is 0 Å². The largest absolute Gasteiger partial charge is 0.463 e. The van der Waals surface area contributed by atoms with Gasteiger partial charge in [0.2, 0.25) is 0 Å². The monoisotopic (exact) mass is 450 g/mol. The SMILES string of the molecule is CC(C)=CC1(C)CC(C(F)(F)F)(C(F)(F)F)/[N+](=C/C=C(C(F)(F)F)C(F)(F)F)[N-]1. The molecule has 0 saturated carbocycles. The van der Waals surface area contributed by atoms with Crippen LogP contribution in [0.5, 0.6) is 0 Å². The summed E-state index contributed by atoms with van der Waals surface area (Å²) in [5.74, 6) is 0. The van der Waals surface area contributed by atoms with Crippen molar-refractivity contribution in [2.75, 3.05) is 0 Å². The van der Waals surface area contributed by atoms with E-state index < -0.39 is 64.8 Å². The van der Waals surface area contributed by atoms with Gasteiger partial charge >= 0.3 is 30.2 Å². The molecule has 0 amide bonds. The van der Waals surface area contributed by atoms with Crippen molar-refractivity contribution in [3.63, 3.8) is 0 Å². The van der Waals surface area contributed by atoms with E-state index in [9.17, 15) is 52.7 Å². The van der Waals surface area contributed by atoms with Crippen LogP contribution >= 0.6 is 0 Å². The second-order valence-electron chi connectivity index (χ2n) is 6.78. The van der Waals surface area contributed by atoms with Gasteiger partial charge in [0.05, 0.1) is 0 Å². The smallest absolute Gasteiger partial charge is 0.429 e. The van der Waals surface area contributed by atoms with Crippen LogP contribution in [0.2, 0.25) is 0 Å². The standard InChI is InChI=1S/C15H14F12N2/c1-8(2)6-10(3)7-11(14(22,23)24,15(25,26)27)29(28-10)5-4-9(12(16,17)18)13(19,20)21/h4-6H,7H2,1-3H3/b29-5-. The maximum absolute atomic E-state index is 13.5. The van der Waals surface area contributed by atoms with Crippen LogP contribution < -0.4 is 0 Å². The maximum atomic E-state index is 13.5. The van der Waals surface area contributed by atoms with Crippen molar-refractivity contribution < 1.29 is 57.4 Å². The Balaban J connectivity index is 3.84. The van der Waals surface area contributed by atoms with Crippen molar-refractivity contribution in [3.05, 3.63) is 28.7 Å². The third-order valence-electron chi connectivity index (χ3n) is 3.87. The topological polar surface area (TPSA) is 17.1 Å². The first-order valence-corrected chi connectivity index (χ1v) is 7.58. The predicted octanol–water partition coefficient (Wildman–Crippen LogP) is 6.40. The molecule has 1 saturated heterocycles. The van der Waals surface area contributed by atoms with Gasteiger partial charge in [-0.25, -0.2) is 0 Å². The molecule has 0 aromatic heterocycles. The van der Waals surface area contributed by atoms with Crippen molar-refractivity contribution in [1.82, 2.24) is 0 Å². The summed E-state index contributed by atoms with van der Waals surface area (Å²) in [5.41, 5.74) is -6.89. The van der Waals surface area contributed by atoms with Gasteiger partial charge in [-0.05, 0) is 19.4 Å². The Morgan fingerprint density at radius 2 is 1.24 bits per heavy atom. The summed E-state index contributed by atoms with van der Waals surface area (Å²) in [6, 6.07) is 0. The number of allylic oxidation sites excluding steroid dienone is 3. The van der Waals surface area contributed by atoms with E-state index >= 15 is 0 Å². The van der Waals surface area contributed by atoms with E-state index in [-0.39, 0.29) is 5.57 Å². The van der Waals surface area contributed by atoms with E-state index in [4.69, 9.17) is 0 Å². The van der Waals surface area contributed by atoms with Crippen LogP contribution in [-0.4, -0.2) is 46.7 Å². The van der Waals surface area contributed by atoms with Crippen LogP contribution in [0.1, 0.15) is 27.2 Å². The van der Waals surface area contributed by atoms with Crippen LogP contribution in [0.3, 0.4) is 0 Å². The molecule has 1 atom stereocenters. The molecule has 0 aromatic carbocycles. The lowest BCUT2D eigenvalue weighted by Crippen LogP contribution is -2.61. The Hall–Kier alpha value is -1.89. The minimum atomic E-state index is -6.12. The molecule has 14 heteroatoms. The minimum absolute atomic E-state index is 0.234. The van der Waals surface area contributed by atoms with Gasteiger partial charge in [-0.2, -0.15) is 52.7 Å². The molecule has 0 aliphatic carbocycles. The van der Waals surface area contributed by atoms with Crippen molar-refractivity contribution in [2.45, 2.75) is 63.0 Å². The summed E-state index contributed by atoms with van der Waals surface area (Å²) in [5, 5.41) is 0. The van der Waals surface area contributed by atoms with Crippen LogP contribution in [0.4, 0.5) is 52.7 Å². The molecule has 0 aromatic rings. The van der Waals surface area contributed by atoms with Crippen molar-refractivity contribution >= 4 is 6.21 Å². The summed E-state index contributed by atoms with van der Waals surface area (Å²) in [4.78, 5) is 0. The zero-order chi connectivity index (χ0) is 23.3. The predicted molar refractivity (Wildman–Crippen MR) is 77.2 cm³/mol. The second kappa shape index (κ2) is 7.11. The fourth-order valence-electron chi connectivity index (χ4n) is 2.94. The summed E-state index contributed by atoms with van der Waals surface area (Å²) < 4.78 is 156. The van der Waals surface area contributed by atoms with E-state index in [2.05, 4.69) is 5.43 Å². The van der Waals surface area contributed by atoms with Gasteiger partial charge in [0, 0.05) is 12.5 Å². The fraction of sp³-hybridized carbons (Fsp3) is 0.667. The molecule has 1 rings (SSSR count). The van der Waals surface area contributed by atoms with Gasteiger partial charge in [0.1, 0.15) is 5.57 Å². The van der Waals surface area contributed by atoms with Crippen molar-refractivity contribution in [2.24, 2.45) is 0 Å². The Kier molecular flexibility index (Phi) is 6.17. The molecule has 29 heavy (non-hydrogen) atoms. The molecule has 1 unspecified atom stereocenters. The van der Waals surface area contributed by atoms with E-state index in [1.54, 1.807) is 0 Å². The lowest BCUT2D eigenvalue weighted by molar-refractivity contribution is -0.632. The van der Waals surface area contributed by atoms with Gasteiger partial charge in [0.25, 0.3) is 0 Å². The van der Waals surface area contributed by atoms with Gasteiger partial charge in [-0.1, -0.05) is 18.6 Å². The zero-order valence-corrected chi connectivity index (χ0v) is 14.9. The molecule has 0 bridgehead atoms. The number of halogens is 12. The first-order valence-electron chi connectivity index (χ1n) is 7.58. The molecule has 0 N–H and O–H groups in total. The lowest BCUT2D eigenvalue weighted by Gasteiger charge is -2.31. The van der Waals surface area contributed by atoms with Crippen LogP contribution in [0.25, 0.3) is 5.43 Å². The molecular formula is C15H14F12N2. The first kappa shape index (κ1) is 25.1. The molecular weight excluding hydrogens is 436 g/mol. The number of alkyl halides is 12. The molecule has 0 spiro atoms. The van der Waals surface area contributed by atoms with Crippen LogP contribution in [0.15, 0.2) is 23.3 Å². The van der Waals surface area contributed by atoms with Crippen LogP contribution in [-0.2, 0) is 0 Å². The summed E-state index contributed by atoms with van der Waals surface area (Å²) in [6.07, 6.45) is -26.8. The highest BCUT2D eigenvalue weighted by Gasteiger charge is 2.80. The van der Waals surface area contributed by atoms with Gasteiger partial charge in [-0.3, -0.25) is 4.68 Å². The zero-order valence-electron chi connectivity index (χ0n) is 14.9. The highest BCUT2D eigenvalue weighted by Crippen LogP contribution is 2.56. The fourth-order valence-corrected chi connectivity index (χ4v) is 2.94. The van der Waals surface area contributed by atoms with E-state index in [0.29, 0.717) is 0 Å². The number of hydrogen-bond donors (Lipinski definition) is 0. The average molecular weight is 450 g/mol. The maximum Gasteiger partial charge on any atom is 0.463 e. The number of hydrogen-bond acceptors (Lipinski definition) is 0. The second-order valence-corrected chi connectivity index (χ2v) is 6.78. The van der Waals surface area contributed by atoms with Crippen molar-refractivity contribution in [3.8, 4) is 0 Å². The molecule has 1 heterocycles. The molecule has 0 radical (unpaired) electrons. The molecule has 2 nitrogen and oxygen atoms in total. The van der Waals surface area contributed by atoms with E-state index in [0.717, 1.165) is 13.0 Å². The molecule has 1 aliphatic heterocycles. The molecule has 1 aliphatic rings. The third-order valence-corrected chi connectivity index (χ3v) is 3.87. The Morgan fingerprint density at radius 1 is 0.828 bits per heavy atom.